The molecule has 246 valence electrons. The van der Waals surface area contributed by atoms with Gasteiger partial charge in [-0.25, -0.2) is 0 Å². The zero-order valence-corrected chi connectivity index (χ0v) is 30.7. The van der Waals surface area contributed by atoms with Crippen LogP contribution in [0.4, 0.5) is 0 Å². The lowest BCUT2D eigenvalue weighted by atomic mass is 10.1. The van der Waals surface area contributed by atoms with E-state index in [9.17, 15) is 10.2 Å². The number of hydrogen-bond acceptors (Lipinski definition) is 4. The van der Waals surface area contributed by atoms with E-state index in [2.05, 4.69) is 42.0 Å². The molecule has 0 saturated carbocycles. The summed E-state index contributed by atoms with van der Waals surface area (Å²) in [5, 5.41) is 20.8. The number of unbranched alkanes of at least 4 members (excludes halogenated alkanes) is 14. The maximum absolute atomic E-state index is 10.4. The minimum atomic E-state index is -0.459. The topological polar surface area (TPSA) is 58.9 Å². The molecule has 40 heavy (non-hydrogen) atoms. The van der Waals surface area contributed by atoms with Crippen LogP contribution in [0.5, 0.6) is 0 Å². The number of aliphatic hydroxyl groups is 2. The maximum Gasteiger partial charge on any atom is 0.126 e. The fourth-order valence-electron chi connectivity index (χ4n) is 5.33. The maximum atomic E-state index is 10.4. The van der Waals surface area contributed by atoms with Crippen LogP contribution in [-0.2, 0) is 9.47 Å². The Hall–Kier alpha value is 0.720. The van der Waals surface area contributed by atoms with Gasteiger partial charge in [0.05, 0.1) is 67.7 Å². The standard InChI is InChI=1S/C32H70N2O4.2BrH/c1-7-9-11-13-15-17-19-21-23-33(3,4)27-31(35)29-37-25-26-38-30-32(36)28-34(5,6)24-22-20-18-16-14-12-10-8-2;;/h31-32,35-36H,7-30H2,1-6H3;2*1H/q+2;;/p-2. The fraction of sp³-hybridized carbons (Fsp3) is 1.00. The van der Waals surface area contributed by atoms with E-state index in [-0.39, 0.29) is 34.0 Å². The number of ether oxygens (including phenoxy) is 2. The van der Waals surface area contributed by atoms with E-state index in [0.29, 0.717) is 39.5 Å². The van der Waals surface area contributed by atoms with Crippen molar-refractivity contribution < 1.29 is 62.6 Å². The lowest BCUT2D eigenvalue weighted by Crippen LogP contribution is -3.00. The van der Waals surface area contributed by atoms with Crippen LogP contribution in [0.3, 0.4) is 0 Å². The Morgan fingerprint density at radius 2 is 0.750 bits per heavy atom. The first kappa shape index (κ1) is 45.2. The molecule has 2 atom stereocenters. The molecular weight excluding hydrogens is 636 g/mol. The Morgan fingerprint density at radius 3 is 1.05 bits per heavy atom. The third kappa shape index (κ3) is 31.7. The summed E-state index contributed by atoms with van der Waals surface area (Å²) in [7, 11) is 8.79. The molecule has 2 unspecified atom stereocenters. The van der Waals surface area contributed by atoms with Crippen molar-refractivity contribution in [3.63, 3.8) is 0 Å². The first-order chi connectivity index (χ1) is 18.1. The molecule has 0 spiro atoms. The minimum absolute atomic E-state index is 0. The molecule has 0 aromatic rings. The van der Waals surface area contributed by atoms with E-state index >= 15 is 0 Å². The highest BCUT2D eigenvalue weighted by Crippen LogP contribution is 2.12. The van der Waals surface area contributed by atoms with Gasteiger partial charge in [0.15, 0.2) is 0 Å². The summed E-state index contributed by atoms with van der Waals surface area (Å²) in [5.41, 5.74) is 0. The quantitative estimate of drug-likeness (QED) is 0.0863. The van der Waals surface area contributed by atoms with Crippen LogP contribution in [0.25, 0.3) is 0 Å². The van der Waals surface area contributed by atoms with E-state index < -0.39 is 12.2 Å². The Labute approximate surface area is 271 Å². The third-order valence-corrected chi connectivity index (χ3v) is 7.64. The van der Waals surface area contributed by atoms with Gasteiger partial charge in [-0.3, -0.25) is 0 Å². The Balaban J connectivity index is -0.00000684. The van der Waals surface area contributed by atoms with Crippen molar-refractivity contribution in [2.75, 3.05) is 80.8 Å². The van der Waals surface area contributed by atoms with E-state index in [1.165, 1.54) is 103 Å². The molecule has 0 heterocycles. The minimum Gasteiger partial charge on any atom is -1.00 e. The molecule has 6 nitrogen and oxygen atoms in total. The van der Waals surface area contributed by atoms with Crippen molar-refractivity contribution in [3.05, 3.63) is 0 Å². The number of hydrogen-bond donors (Lipinski definition) is 2. The Bertz CT molecular complexity index is 469. The van der Waals surface area contributed by atoms with Gasteiger partial charge in [0, 0.05) is 0 Å². The predicted molar refractivity (Wildman–Crippen MR) is 163 cm³/mol. The van der Waals surface area contributed by atoms with Gasteiger partial charge in [0.25, 0.3) is 0 Å². The molecule has 0 rings (SSSR count). The van der Waals surface area contributed by atoms with Crippen LogP contribution < -0.4 is 34.0 Å². The summed E-state index contributed by atoms with van der Waals surface area (Å²) in [6.07, 6.45) is 20.4. The second kappa shape index (κ2) is 29.8. The molecule has 0 saturated heterocycles. The third-order valence-electron chi connectivity index (χ3n) is 7.64. The lowest BCUT2D eigenvalue weighted by Gasteiger charge is -2.32. The monoisotopic (exact) mass is 704 g/mol. The van der Waals surface area contributed by atoms with Gasteiger partial charge in [-0.15, -0.1) is 0 Å². The Morgan fingerprint density at radius 1 is 0.475 bits per heavy atom. The molecule has 0 amide bonds. The largest absolute Gasteiger partial charge is 1.00 e. The molecular formula is C32H70Br2N2O4. The molecule has 0 fully saturated rings. The van der Waals surface area contributed by atoms with Crippen LogP contribution >= 0.6 is 0 Å². The first-order valence-corrected chi connectivity index (χ1v) is 16.3. The van der Waals surface area contributed by atoms with Crippen LogP contribution in [0, 0.1) is 0 Å². The molecule has 0 bridgehead atoms. The normalized spacial score (nSPS) is 13.5. The summed E-state index contributed by atoms with van der Waals surface area (Å²) in [6.45, 7) is 9.73. The summed E-state index contributed by atoms with van der Waals surface area (Å²) in [6, 6.07) is 0. The van der Waals surface area contributed by atoms with Gasteiger partial charge in [-0.05, 0) is 25.7 Å². The molecule has 2 N–H and O–H groups in total. The zero-order chi connectivity index (χ0) is 28.5. The van der Waals surface area contributed by atoms with Gasteiger partial charge in [0.1, 0.15) is 25.3 Å². The van der Waals surface area contributed by atoms with Crippen molar-refractivity contribution in [2.24, 2.45) is 0 Å². The predicted octanol–water partition coefficient (Wildman–Crippen LogP) is 0.184. The highest BCUT2D eigenvalue weighted by atomic mass is 79.9. The summed E-state index contributed by atoms with van der Waals surface area (Å²) < 4.78 is 13.0. The second-order valence-electron chi connectivity index (χ2n) is 13.1. The van der Waals surface area contributed by atoms with Gasteiger partial charge in [-0.2, -0.15) is 0 Å². The molecule has 0 aliphatic heterocycles. The molecule has 0 aromatic heterocycles. The van der Waals surface area contributed by atoms with E-state index in [4.69, 9.17) is 9.47 Å². The first-order valence-electron chi connectivity index (χ1n) is 16.3. The zero-order valence-electron chi connectivity index (χ0n) is 27.5. The molecule has 0 radical (unpaired) electrons. The van der Waals surface area contributed by atoms with Crippen LogP contribution in [-0.4, -0.2) is 112 Å². The number of rotatable bonds is 29. The average Bonchev–Trinajstić information content (AvgIpc) is 2.84. The highest BCUT2D eigenvalue weighted by molar-refractivity contribution is 4.55. The Kier molecular flexibility index (Phi) is 33.6. The average molecular weight is 707 g/mol. The number of quaternary nitrogens is 2. The van der Waals surface area contributed by atoms with E-state index in [1.54, 1.807) is 0 Å². The van der Waals surface area contributed by atoms with Crippen molar-refractivity contribution in [1.29, 1.82) is 0 Å². The summed E-state index contributed by atoms with van der Waals surface area (Å²) >= 11 is 0. The number of aliphatic hydroxyl groups excluding tert-OH is 2. The van der Waals surface area contributed by atoms with Gasteiger partial charge in [0.2, 0.25) is 0 Å². The fourth-order valence-corrected chi connectivity index (χ4v) is 5.33. The second-order valence-corrected chi connectivity index (χ2v) is 13.1. The lowest BCUT2D eigenvalue weighted by molar-refractivity contribution is -0.893. The van der Waals surface area contributed by atoms with Crippen molar-refractivity contribution in [3.8, 4) is 0 Å². The molecule has 0 aliphatic carbocycles. The van der Waals surface area contributed by atoms with Gasteiger partial charge in [-0.1, -0.05) is 90.9 Å². The number of nitrogens with zero attached hydrogens (tertiary/aromatic N) is 2. The number of halogens is 2. The molecule has 0 aliphatic rings. The number of likely N-dealkylation sites (N-methyl/N-ethyl adjacent to an activating group) is 2. The van der Waals surface area contributed by atoms with Gasteiger partial charge < -0.3 is 62.6 Å². The summed E-state index contributed by atoms with van der Waals surface area (Å²) in [5.74, 6) is 0. The van der Waals surface area contributed by atoms with Crippen LogP contribution in [0.15, 0.2) is 0 Å². The van der Waals surface area contributed by atoms with Crippen molar-refractivity contribution in [1.82, 2.24) is 0 Å². The van der Waals surface area contributed by atoms with E-state index in [1.807, 2.05) is 0 Å². The van der Waals surface area contributed by atoms with Crippen LogP contribution in [0.1, 0.15) is 117 Å². The highest BCUT2D eigenvalue weighted by Gasteiger charge is 2.21. The molecule has 8 heteroatoms. The van der Waals surface area contributed by atoms with E-state index in [0.717, 1.165) is 22.1 Å². The smallest absolute Gasteiger partial charge is 0.126 e. The van der Waals surface area contributed by atoms with Crippen LogP contribution in [0.2, 0.25) is 0 Å². The summed E-state index contributed by atoms with van der Waals surface area (Å²) in [4.78, 5) is 0. The SMILES string of the molecule is CCCCCCCCCC[N+](C)(C)CC(O)COCCOCC(O)C[N+](C)(C)CCCCCCCCCC.[Br-].[Br-]. The van der Waals surface area contributed by atoms with Crippen molar-refractivity contribution in [2.45, 2.75) is 129 Å². The van der Waals surface area contributed by atoms with Gasteiger partial charge >= 0.3 is 0 Å². The van der Waals surface area contributed by atoms with Crippen molar-refractivity contribution >= 4 is 0 Å². The molecule has 0 aromatic carbocycles.